The van der Waals surface area contributed by atoms with Crippen LogP contribution in [0.4, 0.5) is 4.39 Å². The van der Waals surface area contributed by atoms with Crippen LogP contribution in [0.25, 0.3) is 0 Å². The molecular weight excluding hydrogens is 319 g/mol. The Balaban J connectivity index is 1.70. The molecule has 124 valence electrons. The first kappa shape index (κ1) is 16.4. The number of halogens is 2. The molecule has 7 heteroatoms. The number of aromatic nitrogens is 3. The van der Waals surface area contributed by atoms with Gasteiger partial charge in [-0.2, -0.15) is 0 Å². The Labute approximate surface area is 139 Å². The molecule has 1 aromatic heterocycles. The maximum atomic E-state index is 13.2. The standard InChI is InChI=1S/C16H20ClFN4O/c1-11(2)22-9-15(19-20-22)16(23)5-6-21(10-16)8-12-3-4-14(18)13(17)7-12/h3-4,7,9,11,23H,5-6,8,10H2,1-2H3. The molecule has 1 atom stereocenters. The van der Waals surface area contributed by atoms with E-state index in [1.807, 2.05) is 20.0 Å². The van der Waals surface area contributed by atoms with Crippen LogP contribution in [-0.2, 0) is 12.1 Å². The second kappa shape index (κ2) is 6.19. The van der Waals surface area contributed by atoms with Gasteiger partial charge >= 0.3 is 0 Å². The lowest BCUT2D eigenvalue weighted by Crippen LogP contribution is -2.31. The van der Waals surface area contributed by atoms with Gasteiger partial charge in [-0.05, 0) is 38.0 Å². The summed E-state index contributed by atoms with van der Waals surface area (Å²) in [5, 5.41) is 19.2. The lowest BCUT2D eigenvalue weighted by atomic mass is 10.00. The van der Waals surface area contributed by atoms with Crippen molar-refractivity contribution in [2.75, 3.05) is 13.1 Å². The van der Waals surface area contributed by atoms with Gasteiger partial charge in [-0.3, -0.25) is 4.90 Å². The SMILES string of the molecule is CC(C)n1cc(C2(O)CCN(Cc3ccc(F)c(Cl)c3)C2)nn1. The van der Waals surface area contributed by atoms with Crippen molar-refractivity contribution in [3.8, 4) is 0 Å². The van der Waals surface area contributed by atoms with Crippen molar-refractivity contribution in [2.24, 2.45) is 0 Å². The molecule has 0 amide bonds. The molecule has 0 radical (unpaired) electrons. The monoisotopic (exact) mass is 338 g/mol. The van der Waals surface area contributed by atoms with E-state index in [2.05, 4.69) is 15.2 Å². The number of aliphatic hydroxyl groups is 1. The summed E-state index contributed by atoms with van der Waals surface area (Å²) in [5.74, 6) is -0.418. The quantitative estimate of drug-likeness (QED) is 0.931. The first-order chi connectivity index (χ1) is 10.9. The Morgan fingerprint density at radius 2 is 2.22 bits per heavy atom. The van der Waals surface area contributed by atoms with Gasteiger partial charge in [0.25, 0.3) is 0 Å². The van der Waals surface area contributed by atoms with Crippen LogP contribution in [0.5, 0.6) is 0 Å². The highest BCUT2D eigenvalue weighted by atomic mass is 35.5. The average Bonchev–Trinajstić information content (AvgIpc) is 3.11. The van der Waals surface area contributed by atoms with Crippen LogP contribution in [0.2, 0.25) is 5.02 Å². The zero-order valence-electron chi connectivity index (χ0n) is 13.2. The van der Waals surface area contributed by atoms with E-state index in [-0.39, 0.29) is 11.1 Å². The highest BCUT2D eigenvalue weighted by Crippen LogP contribution is 2.32. The minimum atomic E-state index is -0.989. The summed E-state index contributed by atoms with van der Waals surface area (Å²) in [6.45, 7) is 5.85. The van der Waals surface area contributed by atoms with E-state index in [1.165, 1.54) is 6.07 Å². The summed E-state index contributed by atoms with van der Waals surface area (Å²) in [6, 6.07) is 4.92. The van der Waals surface area contributed by atoms with Gasteiger partial charge in [0.15, 0.2) is 0 Å². The number of likely N-dealkylation sites (tertiary alicyclic amines) is 1. The van der Waals surface area contributed by atoms with Gasteiger partial charge in [-0.1, -0.05) is 22.9 Å². The summed E-state index contributed by atoms with van der Waals surface area (Å²) in [4.78, 5) is 2.11. The van der Waals surface area contributed by atoms with E-state index in [0.29, 0.717) is 25.2 Å². The first-order valence-corrected chi connectivity index (χ1v) is 8.06. The molecule has 0 saturated carbocycles. The maximum Gasteiger partial charge on any atom is 0.141 e. The summed E-state index contributed by atoms with van der Waals surface area (Å²) >= 11 is 5.82. The van der Waals surface area contributed by atoms with Gasteiger partial charge in [-0.25, -0.2) is 9.07 Å². The molecule has 2 aromatic rings. The molecule has 1 aliphatic heterocycles. The van der Waals surface area contributed by atoms with Crippen molar-refractivity contribution in [3.05, 3.63) is 46.5 Å². The van der Waals surface area contributed by atoms with E-state index < -0.39 is 11.4 Å². The van der Waals surface area contributed by atoms with E-state index in [1.54, 1.807) is 16.8 Å². The minimum Gasteiger partial charge on any atom is -0.382 e. The van der Waals surface area contributed by atoms with Gasteiger partial charge < -0.3 is 5.11 Å². The van der Waals surface area contributed by atoms with Gasteiger partial charge in [0.05, 0.1) is 11.2 Å². The van der Waals surface area contributed by atoms with Crippen LogP contribution in [0, 0.1) is 5.82 Å². The van der Waals surface area contributed by atoms with Crippen LogP contribution >= 0.6 is 11.6 Å². The number of hydrogen-bond acceptors (Lipinski definition) is 4. The molecule has 2 heterocycles. The summed E-state index contributed by atoms with van der Waals surface area (Å²) in [5.41, 5.74) is 0.536. The molecule has 1 saturated heterocycles. The Morgan fingerprint density at radius 1 is 1.43 bits per heavy atom. The second-order valence-corrected chi connectivity index (χ2v) is 6.83. The summed E-state index contributed by atoms with van der Waals surface area (Å²) in [6.07, 6.45) is 2.40. The van der Waals surface area contributed by atoms with E-state index in [4.69, 9.17) is 11.6 Å². The molecule has 0 bridgehead atoms. The molecule has 1 aliphatic rings. The zero-order valence-corrected chi connectivity index (χ0v) is 14.0. The van der Waals surface area contributed by atoms with Crippen LogP contribution in [0.15, 0.2) is 24.4 Å². The fraction of sp³-hybridized carbons (Fsp3) is 0.500. The minimum absolute atomic E-state index is 0.122. The Hall–Kier alpha value is -1.50. The molecule has 1 fully saturated rings. The van der Waals surface area contributed by atoms with E-state index in [9.17, 15) is 9.50 Å². The molecule has 0 aliphatic carbocycles. The van der Waals surface area contributed by atoms with Crippen LogP contribution in [0.1, 0.15) is 37.6 Å². The van der Waals surface area contributed by atoms with E-state index in [0.717, 1.165) is 12.1 Å². The van der Waals surface area contributed by atoms with Crippen molar-refractivity contribution < 1.29 is 9.50 Å². The Kier molecular flexibility index (Phi) is 4.40. The molecule has 3 rings (SSSR count). The summed E-state index contributed by atoms with van der Waals surface area (Å²) < 4.78 is 15.0. The first-order valence-electron chi connectivity index (χ1n) is 7.68. The predicted molar refractivity (Wildman–Crippen MR) is 85.6 cm³/mol. The number of β-amino-alcohol motifs (C(OH)–C–C–N with tert-alkyl or cyclic N) is 1. The molecular formula is C16H20ClFN4O. The number of nitrogens with zero attached hydrogens (tertiary/aromatic N) is 4. The highest BCUT2D eigenvalue weighted by molar-refractivity contribution is 6.30. The van der Waals surface area contributed by atoms with Gasteiger partial charge in [-0.15, -0.1) is 5.10 Å². The van der Waals surface area contributed by atoms with Crippen LogP contribution in [0.3, 0.4) is 0 Å². The normalized spacial score (nSPS) is 22.2. The smallest absolute Gasteiger partial charge is 0.141 e. The Morgan fingerprint density at radius 3 is 2.87 bits per heavy atom. The molecule has 5 nitrogen and oxygen atoms in total. The second-order valence-electron chi connectivity index (χ2n) is 6.42. The molecule has 1 N–H and O–H groups in total. The van der Waals surface area contributed by atoms with Crippen molar-refractivity contribution in [1.29, 1.82) is 0 Å². The van der Waals surface area contributed by atoms with Gasteiger partial charge in [0.2, 0.25) is 0 Å². The van der Waals surface area contributed by atoms with Crippen molar-refractivity contribution >= 4 is 11.6 Å². The average molecular weight is 339 g/mol. The molecule has 23 heavy (non-hydrogen) atoms. The zero-order chi connectivity index (χ0) is 16.6. The predicted octanol–water partition coefficient (Wildman–Crippen LogP) is 2.75. The Bertz CT molecular complexity index is 705. The number of rotatable bonds is 4. The molecule has 1 unspecified atom stereocenters. The summed E-state index contributed by atoms with van der Waals surface area (Å²) in [7, 11) is 0. The van der Waals surface area contributed by atoms with Crippen molar-refractivity contribution in [3.63, 3.8) is 0 Å². The van der Waals surface area contributed by atoms with Crippen LogP contribution < -0.4 is 0 Å². The maximum absolute atomic E-state index is 13.2. The van der Waals surface area contributed by atoms with Crippen molar-refractivity contribution in [2.45, 2.75) is 38.5 Å². The number of benzene rings is 1. The molecule has 1 aromatic carbocycles. The third-order valence-corrected chi connectivity index (χ3v) is 4.52. The largest absolute Gasteiger partial charge is 0.382 e. The van der Waals surface area contributed by atoms with Crippen molar-refractivity contribution in [1.82, 2.24) is 19.9 Å². The lowest BCUT2D eigenvalue weighted by molar-refractivity contribution is 0.0408. The van der Waals surface area contributed by atoms with Crippen LogP contribution in [-0.4, -0.2) is 38.1 Å². The third-order valence-electron chi connectivity index (χ3n) is 4.23. The highest BCUT2D eigenvalue weighted by Gasteiger charge is 2.40. The van der Waals surface area contributed by atoms with Gasteiger partial charge in [0.1, 0.15) is 17.1 Å². The van der Waals surface area contributed by atoms with Gasteiger partial charge in [0, 0.05) is 25.7 Å². The lowest BCUT2D eigenvalue weighted by Gasteiger charge is -2.21. The fourth-order valence-electron chi connectivity index (χ4n) is 2.85. The topological polar surface area (TPSA) is 54.2 Å². The third kappa shape index (κ3) is 3.39. The molecule has 0 spiro atoms. The number of hydrogen-bond donors (Lipinski definition) is 1. The fourth-order valence-corrected chi connectivity index (χ4v) is 3.06. The van der Waals surface area contributed by atoms with E-state index >= 15 is 0 Å².